The zero-order valence-corrected chi connectivity index (χ0v) is 14.0. The molecule has 2 heteroatoms. The van der Waals surface area contributed by atoms with Gasteiger partial charge in [-0.15, -0.1) is 0 Å². The number of hydrogen-bond donors (Lipinski definition) is 1. The van der Waals surface area contributed by atoms with Crippen LogP contribution in [0.4, 0.5) is 0 Å². The first-order chi connectivity index (χ1) is 9.62. The lowest BCUT2D eigenvalue weighted by Crippen LogP contribution is -2.36. The normalized spacial score (nSPS) is 12.9. The molecule has 1 unspecified atom stereocenters. The fraction of sp³-hybridized carbons (Fsp3) is 0.667. The van der Waals surface area contributed by atoms with E-state index in [2.05, 4.69) is 63.0 Å². The van der Waals surface area contributed by atoms with Gasteiger partial charge in [0.15, 0.2) is 0 Å². The van der Waals surface area contributed by atoms with Crippen LogP contribution in [0.5, 0.6) is 0 Å². The predicted octanol–water partition coefficient (Wildman–Crippen LogP) is 4.08. The maximum atomic E-state index is 3.73. The summed E-state index contributed by atoms with van der Waals surface area (Å²) in [5.41, 5.74) is 4.21. The summed E-state index contributed by atoms with van der Waals surface area (Å²) in [6, 6.07) is 7.28. The number of benzene rings is 1. The number of aryl methyl sites for hydroxylation is 2. The second kappa shape index (κ2) is 9.15. The van der Waals surface area contributed by atoms with E-state index < -0.39 is 0 Å². The molecule has 20 heavy (non-hydrogen) atoms. The van der Waals surface area contributed by atoms with Crippen molar-refractivity contribution in [2.45, 2.75) is 53.5 Å². The molecule has 0 aliphatic rings. The molecule has 0 aromatic heterocycles. The van der Waals surface area contributed by atoms with Crippen LogP contribution >= 0.6 is 0 Å². The van der Waals surface area contributed by atoms with E-state index in [0.29, 0.717) is 6.04 Å². The summed E-state index contributed by atoms with van der Waals surface area (Å²) in [7, 11) is 0. The number of likely N-dealkylation sites (N-methyl/N-ethyl adjacent to an activating group) is 1. The molecule has 0 spiro atoms. The molecule has 0 aliphatic carbocycles. The van der Waals surface area contributed by atoms with Crippen LogP contribution in [-0.2, 0) is 0 Å². The van der Waals surface area contributed by atoms with Crippen molar-refractivity contribution in [3.8, 4) is 0 Å². The SMILES string of the molecule is CCCNC(CN(CC)CCC)c1ccc(C)cc1C. The molecule has 0 saturated heterocycles. The van der Waals surface area contributed by atoms with Crippen molar-refractivity contribution in [1.29, 1.82) is 0 Å². The highest BCUT2D eigenvalue weighted by molar-refractivity contribution is 5.33. The molecule has 1 rings (SSSR count). The van der Waals surface area contributed by atoms with Crippen LogP contribution in [0.25, 0.3) is 0 Å². The van der Waals surface area contributed by atoms with Crippen molar-refractivity contribution in [1.82, 2.24) is 10.2 Å². The number of hydrogen-bond acceptors (Lipinski definition) is 2. The Labute approximate surface area is 125 Å². The van der Waals surface area contributed by atoms with Crippen molar-refractivity contribution < 1.29 is 0 Å². The van der Waals surface area contributed by atoms with Gasteiger partial charge in [0.05, 0.1) is 0 Å². The highest BCUT2D eigenvalue weighted by Gasteiger charge is 2.16. The maximum absolute atomic E-state index is 3.73. The monoisotopic (exact) mass is 276 g/mol. The molecule has 0 heterocycles. The molecule has 0 radical (unpaired) electrons. The lowest BCUT2D eigenvalue weighted by atomic mass is 9.98. The van der Waals surface area contributed by atoms with Crippen molar-refractivity contribution in [3.63, 3.8) is 0 Å². The van der Waals surface area contributed by atoms with E-state index >= 15 is 0 Å². The number of rotatable bonds is 9. The minimum atomic E-state index is 0.446. The molecule has 1 atom stereocenters. The van der Waals surface area contributed by atoms with Gasteiger partial charge in [-0.25, -0.2) is 0 Å². The Morgan fingerprint density at radius 3 is 2.40 bits per heavy atom. The topological polar surface area (TPSA) is 15.3 Å². The van der Waals surface area contributed by atoms with E-state index in [1.807, 2.05) is 0 Å². The van der Waals surface area contributed by atoms with Gasteiger partial charge >= 0.3 is 0 Å². The largest absolute Gasteiger partial charge is 0.309 e. The van der Waals surface area contributed by atoms with Crippen LogP contribution in [0.1, 0.15) is 56.3 Å². The Morgan fingerprint density at radius 1 is 1.10 bits per heavy atom. The van der Waals surface area contributed by atoms with Gasteiger partial charge in [0.25, 0.3) is 0 Å². The van der Waals surface area contributed by atoms with E-state index in [0.717, 1.165) is 19.6 Å². The minimum Gasteiger partial charge on any atom is -0.309 e. The number of nitrogens with zero attached hydrogens (tertiary/aromatic N) is 1. The zero-order valence-electron chi connectivity index (χ0n) is 14.0. The van der Waals surface area contributed by atoms with Gasteiger partial charge in [-0.05, 0) is 57.5 Å². The van der Waals surface area contributed by atoms with Gasteiger partial charge < -0.3 is 10.2 Å². The molecule has 114 valence electrons. The summed E-state index contributed by atoms with van der Waals surface area (Å²) >= 11 is 0. The molecule has 0 fully saturated rings. The summed E-state index contributed by atoms with van der Waals surface area (Å²) in [6.07, 6.45) is 2.41. The van der Waals surface area contributed by atoms with Gasteiger partial charge in [-0.1, -0.05) is 44.5 Å². The van der Waals surface area contributed by atoms with Crippen LogP contribution in [0.3, 0.4) is 0 Å². The van der Waals surface area contributed by atoms with Crippen molar-refractivity contribution in [3.05, 3.63) is 34.9 Å². The Bertz CT molecular complexity index is 387. The van der Waals surface area contributed by atoms with Gasteiger partial charge in [0.2, 0.25) is 0 Å². The maximum Gasteiger partial charge on any atom is 0.0451 e. The standard InChI is InChI=1S/C18H32N2/c1-6-11-19-18(14-20(8-3)12-7-2)17-10-9-15(4)13-16(17)5/h9-10,13,18-19H,6-8,11-12,14H2,1-5H3. The lowest BCUT2D eigenvalue weighted by molar-refractivity contribution is 0.254. The molecule has 0 bridgehead atoms. The average Bonchev–Trinajstić information content (AvgIpc) is 2.43. The Morgan fingerprint density at radius 2 is 1.85 bits per heavy atom. The molecule has 2 nitrogen and oxygen atoms in total. The predicted molar refractivity (Wildman–Crippen MR) is 89.4 cm³/mol. The molecular weight excluding hydrogens is 244 g/mol. The summed E-state index contributed by atoms with van der Waals surface area (Å²) in [6.45, 7) is 15.7. The first-order valence-corrected chi connectivity index (χ1v) is 8.15. The van der Waals surface area contributed by atoms with Crippen molar-refractivity contribution >= 4 is 0 Å². The van der Waals surface area contributed by atoms with Gasteiger partial charge in [-0.2, -0.15) is 0 Å². The zero-order chi connectivity index (χ0) is 15.0. The van der Waals surface area contributed by atoms with E-state index in [9.17, 15) is 0 Å². The van der Waals surface area contributed by atoms with Gasteiger partial charge in [0, 0.05) is 12.6 Å². The molecule has 0 saturated carbocycles. The van der Waals surface area contributed by atoms with Crippen LogP contribution in [0, 0.1) is 13.8 Å². The summed E-state index contributed by atoms with van der Waals surface area (Å²) in [4.78, 5) is 2.55. The molecule has 1 N–H and O–H groups in total. The molecular formula is C18H32N2. The van der Waals surface area contributed by atoms with Crippen molar-refractivity contribution in [2.24, 2.45) is 0 Å². The van der Waals surface area contributed by atoms with Crippen molar-refractivity contribution in [2.75, 3.05) is 26.2 Å². The van der Waals surface area contributed by atoms with Crippen LogP contribution in [0.2, 0.25) is 0 Å². The minimum absolute atomic E-state index is 0.446. The van der Waals surface area contributed by atoms with E-state index in [-0.39, 0.29) is 0 Å². The Hall–Kier alpha value is -0.860. The molecule has 1 aromatic carbocycles. The average molecular weight is 276 g/mol. The van der Waals surface area contributed by atoms with Gasteiger partial charge in [0.1, 0.15) is 0 Å². The van der Waals surface area contributed by atoms with Crippen LogP contribution in [0.15, 0.2) is 18.2 Å². The number of nitrogens with one attached hydrogen (secondary N) is 1. The summed E-state index contributed by atoms with van der Waals surface area (Å²) in [5, 5.41) is 3.73. The second-order valence-corrected chi connectivity index (χ2v) is 5.76. The lowest BCUT2D eigenvalue weighted by Gasteiger charge is -2.28. The van der Waals surface area contributed by atoms with Gasteiger partial charge in [-0.3, -0.25) is 0 Å². The van der Waals surface area contributed by atoms with E-state index in [4.69, 9.17) is 0 Å². The smallest absolute Gasteiger partial charge is 0.0451 e. The summed E-state index contributed by atoms with van der Waals surface area (Å²) in [5.74, 6) is 0. The fourth-order valence-corrected chi connectivity index (χ4v) is 2.76. The first kappa shape index (κ1) is 17.2. The summed E-state index contributed by atoms with van der Waals surface area (Å²) < 4.78 is 0. The highest BCUT2D eigenvalue weighted by Crippen LogP contribution is 2.20. The van der Waals surface area contributed by atoms with Crippen LogP contribution < -0.4 is 5.32 Å². The third kappa shape index (κ3) is 5.26. The quantitative estimate of drug-likeness (QED) is 0.731. The fourth-order valence-electron chi connectivity index (χ4n) is 2.76. The highest BCUT2D eigenvalue weighted by atomic mass is 15.1. The second-order valence-electron chi connectivity index (χ2n) is 5.76. The Kier molecular flexibility index (Phi) is 7.86. The first-order valence-electron chi connectivity index (χ1n) is 8.15. The molecule has 0 amide bonds. The third-order valence-corrected chi connectivity index (χ3v) is 3.87. The van der Waals surface area contributed by atoms with E-state index in [1.165, 1.54) is 36.1 Å². The Balaban J connectivity index is 2.86. The molecule has 0 aliphatic heterocycles. The van der Waals surface area contributed by atoms with E-state index in [1.54, 1.807) is 0 Å². The molecule has 1 aromatic rings. The van der Waals surface area contributed by atoms with Crippen LogP contribution in [-0.4, -0.2) is 31.1 Å². The third-order valence-electron chi connectivity index (χ3n) is 3.87.